The van der Waals surface area contributed by atoms with E-state index in [0.717, 1.165) is 31.0 Å². The van der Waals surface area contributed by atoms with Crippen molar-refractivity contribution in [1.29, 1.82) is 0 Å². The molecule has 1 aromatic rings. The Kier molecular flexibility index (Phi) is 4.86. The molecule has 1 heterocycles. The van der Waals surface area contributed by atoms with E-state index in [1.165, 1.54) is 18.2 Å². The van der Waals surface area contributed by atoms with Gasteiger partial charge in [0.05, 0.1) is 16.9 Å². The van der Waals surface area contributed by atoms with E-state index in [1.54, 1.807) is 0 Å². The van der Waals surface area contributed by atoms with Crippen molar-refractivity contribution in [3.05, 3.63) is 50.9 Å². The monoisotopic (exact) mass is 335 g/mol. The Balaban J connectivity index is 2.20. The number of carbonyl (C=O) groups excluding carboxylic acids is 3. The van der Waals surface area contributed by atoms with Crippen LogP contribution in [0.15, 0.2) is 40.2 Å². The zero-order valence-electron chi connectivity index (χ0n) is 11.6. The number of amides is 2. The maximum absolute atomic E-state index is 12.0. The van der Waals surface area contributed by atoms with Crippen LogP contribution in [0.3, 0.4) is 0 Å². The third-order valence-electron chi connectivity index (χ3n) is 2.61. The van der Waals surface area contributed by atoms with Crippen molar-refractivity contribution in [2.45, 2.75) is 0 Å². The molecular weight excluding hydrogens is 326 g/mol. The largest absolute Gasteiger partial charge is 0.466 e. The Bertz CT molecular complexity index is 771. The van der Waals surface area contributed by atoms with Crippen molar-refractivity contribution in [3.63, 3.8) is 0 Å². The van der Waals surface area contributed by atoms with Crippen LogP contribution in [0.4, 0.5) is 5.69 Å². The average Bonchev–Trinajstić information content (AvgIpc) is 2.86. The van der Waals surface area contributed by atoms with Crippen molar-refractivity contribution in [2.24, 2.45) is 4.99 Å². The zero-order valence-corrected chi connectivity index (χ0v) is 12.5. The maximum Gasteiger partial charge on any atom is 0.331 e. The number of hydrogen-bond acceptors (Lipinski definition) is 7. The lowest BCUT2D eigenvalue weighted by molar-refractivity contribution is -0.384. The van der Waals surface area contributed by atoms with Gasteiger partial charge in [0, 0.05) is 23.8 Å². The molecule has 0 radical (unpaired) electrons. The normalized spacial score (nSPS) is 17.2. The third-order valence-corrected chi connectivity index (χ3v) is 3.52. The van der Waals surface area contributed by atoms with Gasteiger partial charge in [-0.15, -0.1) is 0 Å². The highest BCUT2D eigenvalue weighted by molar-refractivity contribution is 8.18. The van der Waals surface area contributed by atoms with Gasteiger partial charge in [-0.25, -0.2) is 4.79 Å². The summed E-state index contributed by atoms with van der Waals surface area (Å²) in [6, 6.07) is 5.05. The number of ether oxygens (including phenoxy) is 1. The first kappa shape index (κ1) is 16.4. The summed E-state index contributed by atoms with van der Waals surface area (Å²) in [6.07, 6.45) is 0.973. The number of nitro benzene ring substituents is 1. The van der Waals surface area contributed by atoms with Crippen molar-refractivity contribution in [1.82, 2.24) is 5.32 Å². The molecular formula is C13H9N3O6S. The summed E-state index contributed by atoms with van der Waals surface area (Å²) in [7, 11) is 1.16. The third kappa shape index (κ3) is 4.01. The van der Waals surface area contributed by atoms with Gasteiger partial charge in [-0.1, -0.05) is 6.07 Å². The number of carbonyl (C=O) groups is 3. The van der Waals surface area contributed by atoms with E-state index >= 15 is 0 Å². The number of hydrogen-bond donors (Lipinski definition) is 1. The molecule has 1 aromatic carbocycles. The number of amidine groups is 1. The highest BCUT2D eigenvalue weighted by Gasteiger charge is 2.26. The molecule has 0 saturated carbocycles. The summed E-state index contributed by atoms with van der Waals surface area (Å²) in [5.41, 5.74) is -0.239. The predicted octanol–water partition coefficient (Wildman–Crippen LogP) is 1.01. The Morgan fingerprint density at radius 2 is 2.17 bits per heavy atom. The van der Waals surface area contributed by atoms with Gasteiger partial charge < -0.3 is 10.1 Å². The lowest BCUT2D eigenvalue weighted by Crippen LogP contribution is -2.21. The number of methoxy groups -OCH3 is 1. The van der Waals surface area contributed by atoms with Crippen LogP contribution in [0.5, 0.6) is 0 Å². The second-order valence-corrected chi connectivity index (χ2v) is 5.15. The maximum atomic E-state index is 12.0. The number of nitrogens with one attached hydrogen (secondary N) is 1. The minimum atomic E-state index is -0.754. The molecule has 1 fully saturated rings. The summed E-state index contributed by atoms with van der Waals surface area (Å²) in [5.74, 6) is -2.06. The van der Waals surface area contributed by atoms with Crippen LogP contribution in [0.25, 0.3) is 0 Å². The van der Waals surface area contributed by atoms with Gasteiger partial charge in [-0.2, -0.15) is 4.99 Å². The topological polar surface area (TPSA) is 128 Å². The van der Waals surface area contributed by atoms with Gasteiger partial charge in [0.1, 0.15) is 0 Å². The van der Waals surface area contributed by atoms with Gasteiger partial charge in [-0.05, 0) is 17.8 Å². The fraction of sp³-hybridized carbons (Fsp3) is 0.0769. The van der Waals surface area contributed by atoms with Gasteiger partial charge in [0.15, 0.2) is 5.17 Å². The van der Waals surface area contributed by atoms with Gasteiger partial charge in [-0.3, -0.25) is 19.7 Å². The van der Waals surface area contributed by atoms with Crippen molar-refractivity contribution < 1.29 is 24.0 Å². The van der Waals surface area contributed by atoms with E-state index in [1.807, 2.05) is 0 Å². The summed E-state index contributed by atoms with van der Waals surface area (Å²) in [5, 5.41) is 13.0. The molecule has 10 heteroatoms. The zero-order chi connectivity index (χ0) is 17.0. The highest BCUT2D eigenvalue weighted by atomic mass is 32.2. The number of aliphatic imine (C=N–C) groups is 1. The molecule has 1 N–H and O–H groups in total. The van der Waals surface area contributed by atoms with Gasteiger partial charge >= 0.3 is 5.97 Å². The van der Waals surface area contributed by atoms with Gasteiger partial charge in [0.2, 0.25) is 0 Å². The molecule has 2 amide bonds. The average molecular weight is 335 g/mol. The van der Waals surface area contributed by atoms with Crippen LogP contribution in [0, 0.1) is 10.1 Å². The first-order chi connectivity index (χ1) is 10.9. The number of nitrogens with zero attached hydrogens (tertiary/aromatic N) is 2. The highest BCUT2D eigenvalue weighted by Crippen LogP contribution is 2.24. The molecule has 0 aromatic heterocycles. The molecule has 1 saturated heterocycles. The molecule has 0 bridgehead atoms. The minimum Gasteiger partial charge on any atom is -0.466 e. The number of benzene rings is 1. The fourth-order valence-corrected chi connectivity index (χ4v) is 2.34. The van der Waals surface area contributed by atoms with Crippen LogP contribution in [-0.2, 0) is 14.3 Å². The molecule has 2 rings (SSSR count). The first-order valence-electron chi connectivity index (χ1n) is 6.07. The summed E-state index contributed by atoms with van der Waals surface area (Å²) in [4.78, 5) is 48.4. The molecule has 1 aliphatic rings. The Morgan fingerprint density at radius 3 is 2.83 bits per heavy atom. The number of non-ortho nitro benzene ring substituents is 1. The number of nitro groups is 1. The van der Waals surface area contributed by atoms with Crippen LogP contribution < -0.4 is 5.32 Å². The lowest BCUT2D eigenvalue weighted by atomic mass is 10.2. The summed E-state index contributed by atoms with van der Waals surface area (Å²) < 4.78 is 4.40. The summed E-state index contributed by atoms with van der Waals surface area (Å²) in [6.45, 7) is 0. The Morgan fingerprint density at radius 1 is 1.43 bits per heavy atom. The standard InChI is InChI=1S/C13H9N3O6S/c1-22-10(17)6-9-12(19)15-13(23-9)14-11(18)7-3-2-4-8(5-7)16(20)21/h2-6H,1H3,(H,14,15,18,19)/b9-6+. The second-order valence-electron chi connectivity index (χ2n) is 4.12. The van der Waals surface area contributed by atoms with E-state index < -0.39 is 22.7 Å². The summed E-state index contributed by atoms with van der Waals surface area (Å²) >= 11 is 0.791. The van der Waals surface area contributed by atoms with Crippen molar-refractivity contribution in [3.8, 4) is 0 Å². The number of rotatable bonds is 3. The van der Waals surface area contributed by atoms with Crippen molar-refractivity contribution in [2.75, 3.05) is 7.11 Å². The van der Waals surface area contributed by atoms with Crippen molar-refractivity contribution >= 4 is 40.4 Å². The van der Waals surface area contributed by atoms with Crippen LogP contribution in [-0.4, -0.2) is 35.0 Å². The fourth-order valence-electron chi connectivity index (χ4n) is 1.56. The van der Waals surface area contributed by atoms with E-state index in [2.05, 4.69) is 15.0 Å². The van der Waals surface area contributed by atoms with E-state index in [4.69, 9.17) is 0 Å². The quantitative estimate of drug-likeness (QED) is 0.378. The van der Waals surface area contributed by atoms with Crippen LogP contribution >= 0.6 is 11.8 Å². The molecule has 118 valence electrons. The second kappa shape index (κ2) is 6.83. The van der Waals surface area contributed by atoms with E-state index in [9.17, 15) is 24.5 Å². The Hall–Kier alpha value is -3.01. The van der Waals surface area contributed by atoms with Crippen LogP contribution in [0.1, 0.15) is 10.4 Å². The molecule has 0 spiro atoms. The van der Waals surface area contributed by atoms with E-state index in [0.29, 0.717) is 0 Å². The SMILES string of the molecule is COC(=O)/C=C1/SC(=NC(=O)c2cccc([N+](=O)[O-])c2)NC1=O. The first-order valence-corrected chi connectivity index (χ1v) is 6.88. The van der Waals surface area contributed by atoms with Crippen LogP contribution in [0.2, 0.25) is 0 Å². The predicted molar refractivity (Wildman–Crippen MR) is 80.7 cm³/mol. The molecule has 1 aliphatic heterocycles. The molecule has 9 nitrogen and oxygen atoms in total. The molecule has 0 atom stereocenters. The lowest BCUT2D eigenvalue weighted by Gasteiger charge is -1.97. The number of esters is 1. The molecule has 0 aliphatic carbocycles. The number of thioether (sulfide) groups is 1. The molecule has 23 heavy (non-hydrogen) atoms. The molecule has 0 unspecified atom stereocenters. The van der Waals surface area contributed by atoms with Gasteiger partial charge in [0.25, 0.3) is 17.5 Å². The minimum absolute atomic E-state index is 0.00643. The smallest absolute Gasteiger partial charge is 0.331 e. The van der Waals surface area contributed by atoms with E-state index in [-0.39, 0.29) is 21.3 Å². The Labute approximate surface area is 133 Å².